The molecule has 1 rings (SSSR count). The Hall–Kier alpha value is -1.32. The first-order valence-corrected chi connectivity index (χ1v) is 8.01. The molecule has 2 amide bonds. The van der Waals surface area contributed by atoms with Crippen LogP contribution in [0.25, 0.3) is 0 Å². The van der Waals surface area contributed by atoms with Crippen LogP contribution >= 0.6 is 0 Å². The Morgan fingerprint density at radius 1 is 1.43 bits per heavy atom. The molecule has 0 aromatic carbocycles. The van der Waals surface area contributed by atoms with Crippen molar-refractivity contribution in [2.24, 2.45) is 17.6 Å². The number of carbonyl (C=O) groups is 2. The van der Waals surface area contributed by atoms with Crippen molar-refractivity contribution in [1.29, 1.82) is 0 Å². The molecule has 4 nitrogen and oxygen atoms in total. The van der Waals surface area contributed by atoms with Gasteiger partial charge in [0, 0.05) is 13.5 Å². The standard InChI is InChI=1S/C9H17NO.C4H8.C2H5NO.C2H6/c1-7(6-9(10)11)5-8-3-2-4-8;1-3-4-2;1-3-2-4;1-2/h7-8H,2-6H2,1H3,(H2,10,11);3H,1,4H2,2H3;2H,1H3,(H,3,4);1-2H3. The smallest absolute Gasteiger partial charge is 0.217 e. The van der Waals surface area contributed by atoms with E-state index in [-0.39, 0.29) is 5.91 Å². The zero-order chi connectivity index (χ0) is 17.1. The van der Waals surface area contributed by atoms with Gasteiger partial charge in [-0.15, -0.1) is 6.58 Å². The molecule has 0 aromatic rings. The maximum atomic E-state index is 10.5. The number of nitrogens with one attached hydrogen (secondary N) is 1. The minimum absolute atomic E-state index is 0.156. The van der Waals surface area contributed by atoms with Gasteiger partial charge in [-0.05, 0) is 24.7 Å². The van der Waals surface area contributed by atoms with Crippen LogP contribution in [0.15, 0.2) is 12.7 Å². The Morgan fingerprint density at radius 3 is 2.05 bits per heavy atom. The van der Waals surface area contributed by atoms with Gasteiger partial charge in [-0.1, -0.05) is 53.0 Å². The Bertz CT molecular complexity index is 231. The summed E-state index contributed by atoms with van der Waals surface area (Å²) in [6.45, 7) is 11.7. The van der Waals surface area contributed by atoms with Crippen LogP contribution in [-0.2, 0) is 9.59 Å². The fourth-order valence-corrected chi connectivity index (χ4v) is 1.72. The van der Waals surface area contributed by atoms with Gasteiger partial charge in [0.1, 0.15) is 0 Å². The van der Waals surface area contributed by atoms with Crippen LogP contribution < -0.4 is 11.1 Å². The van der Waals surface area contributed by atoms with Crippen molar-refractivity contribution in [2.75, 3.05) is 7.05 Å². The molecule has 3 N–H and O–H groups in total. The molecule has 0 aliphatic heterocycles. The number of amides is 2. The van der Waals surface area contributed by atoms with Gasteiger partial charge < -0.3 is 11.1 Å². The SMILES string of the molecule is C=CCC.CC.CC(CC(N)=O)CC1CCC1.CNC=O. The van der Waals surface area contributed by atoms with Crippen LogP contribution in [0.3, 0.4) is 0 Å². The summed E-state index contributed by atoms with van der Waals surface area (Å²) in [6.07, 6.45) is 9.46. The zero-order valence-corrected chi connectivity index (χ0v) is 14.7. The van der Waals surface area contributed by atoms with E-state index in [1.54, 1.807) is 7.05 Å². The van der Waals surface area contributed by atoms with Gasteiger partial charge in [-0.3, -0.25) is 9.59 Å². The fourth-order valence-electron chi connectivity index (χ4n) is 1.72. The van der Waals surface area contributed by atoms with Crippen LogP contribution in [-0.4, -0.2) is 19.4 Å². The van der Waals surface area contributed by atoms with Crippen molar-refractivity contribution < 1.29 is 9.59 Å². The number of hydrogen-bond donors (Lipinski definition) is 2. The molecule has 1 unspecified atom stereocenters. The second-order valence-electron chi connectivity index (χ2n) is 4.91. The van der Waals surface area contributed by atoms with E-state index in [2.05, 4.69) is 25.7 Å². The molecule has 1 aliphatic carbocycles. The predicted molar refractivity (Wildman–Crippen MR) is 91.9 cm³/mol. The fraction of sp³-hybridized carbons (Fsp3) is 0.765. The molecule has 0 aromatic heterocycles. The molecule has 0 saturated heterocycles. The summed E-state index contributed by atoms with van der Waals surface area (Å²) in [7, 11) is 1.56. The number of hydrogen-bond acceptors (Lipinski definition) is 2. The van der Waals surface area contributed by atoms with Gasteiger partial charge in [0.15, 0.2) is 0 Å². The summed E-state index contributed by atoms with van der Waals surface area (Å²) in [5, 5.41) is 2.25. The van der Waals surface area contributed by atoms with E-state index in [0.717, 1.165) is 12.3 Å². The van der Waals surface area contributed by atoms with Gasteiger partial charge in [0.2, 0.25) is 12.3 Å². The molecule has 4 heteroatoms. The van der Waals surface area contributed by atoms with E-state index in [1.165, 1.54) is 25.7 Å². The molecule has 0 spiro atoms. The molecule has 1 atom stereocenters. The van der Waals surface area contributed by atoms with Crippen molar-refractivity contribution in [1.82, 2.24) is 5.32 Å². The largest absolute Gasteiger partial charge is 0.370 e. The van der Waals surface area contributed by atoms with Crippen LogP contribution in [0.4, 0.5) is 0 Å². The highest BCUT2D eigenvalue weighted by atomic mass is 16.1. The summed E-state index contributed by atoms with van der Waals surface area (Å²) in [4.78, 5) is 19.6. The lowest BCUT2D eigenvalue weighted by Crippen LogP contribution is -2.19. The molecule has 1 aliphatic rings. The third-order valence-corrected chi connectivity index (χ3v) is 2.92. The molecule has 0 radical (unpaired) electrons. The van der Waals surface area contributed by atoms with Gasteiger partial charge in [0.05, 0.1) is 0 Å². The number of allylic oxidation sites excluding steroid dienone is 1. The molecule has 126 valence electrons. The van der Waals surface area contributed by atoms with Crippen LogP contribution in [0.5, 0.6) is 0 Å². The summed E-state index contributed by atoms with van der Waals surface area (Å²) >= 11 is 0. The van der Waals surface area contributed by atoms with E-state index in [4.69, 9.17) is 10.5 Å². The van der Waals surface area contributed by atoms with Crippen LogP contribution in [0.1, 0.15) is 66.2 Å². The van der Waals surface area contributed by atoms with Crippen molar-refractivity contribution in [3.8, 4) is 0 Å². The lowest BCUT2D eigenvalue weighted by Gasteiger charge is -2.27. The van der Waals surface area contributed by atoms with Gasteiger partial charge in [0.25, 0.3) is 0 Å². The topological polar surface area (TPSA) is 72.2 Å². The van der Waals surface area contributed by atoms with Crippen LogP contribution in [0.2, 0.25) is 0 Å². The van der Waals surface area contributed by atoms with Crippen molar-refractivity contribution >= 4 is 12.3 Å². The first kappa shape index (κ1) is 24.7. The highest BCUT2D eigenvalue weighted by molar-refractivity contribution is 5.73. The van der Waals surface area contributed by atoms with E-state index in [0.29, 0.717) is 18.7 Å². The quantitative estimate of drug-likeness (QED) is 0.580. The monoisotopic (exact) mass is 300 g/mol. The third-order valence-electron chi connectivity index (χ3n) is 2.92. The number of nitrogens with two attached hydrogens (primary N) is 1. The number of carbonyl (C=O) groups excluding carboxylic acids is 2. The highest BCUT2D eigenvalue weighted by Gasteiger charge is 2.20. The summed E-state index contributed by atoms with van der Waals surface area (Å²) < 4.78 is 0. The third kappa shape index (κ3) is 24.1. The second kappa shape index (κ2) is 21.0. The number of rotatable bonds is 6. The van der Waals surface area contributed by atoms with E-state index in [1.807, 2.05) is 19.9 Å². The maximum Gasteiger partial charge on any atom is 0.217 e. The van der Waals surface area contributed by atoms with Gasteiger partial charge >= 0.3 is 0 Å². The molecule has 1 saturated carbocycles. The molecule has 21 heavy (non-hydrogen) atoms. The maximum absolute atomic E-state index is 10.5. The first-order chi connectivity index (χ1) is 10.0. The minimum Gasteiger partial charge on any atom is -0.370 e. The molecule has 0 heterocycles. The first-order valence-electron chi connectivity index (χ1n) is 8.01. The minimum atomic E-state index is -0.156. The lowest BCUT2D eigenvalue weighted by molar-refractivity contribution is -0.119. The summed E-state index contributed by atoms with van der Waals surface area (Å²) in [5.74, 6) is 1.24. The van der Waals surface area contributed by atoms with Crippen molar-refractivity contribution in [2.45, 2.75) is 66.2 Å². The van der Waals surface area contributed by atoms with Gasteiger partial charge in [-0.25, -0.2) is 0 Å². The molecule has 0 bridgehead atoms. The summed E-state index contributed by atoms with van der Waals surface area (Å²) in [6, 6.07) is 0. The Morgan fingerprint density at radius 2 is 1.86 bits per heavy atom. The Kier molecular flexibility index (Phi) is 24.7. The molecule has 1 fully saturated rings. The van der Waals surface area contributed by atoms with Crippen molar-refractivity contribution in [3.05, 3.63) is 12.7 Å². The second-order valence-corrected chi connectivity index (χ2v) is 4.91. The lowest BCUT2D eigenvalue weighted by atomic mass is 9.79. The highest BCUT2D eigenvalue weighted by Crippen LogP contribution is 2.32. The van der Waals surface area contributed by atoms with Gasteiger partial charge in [-0.2, -0.15) is 0 Å². The predicted octanol–water partition coefficient (Wildman–Crippen LogP) is 3.66. The average Bonchev–Trinajstić information content (AvgIpc) is 2.45. The average molecular weight is 300 g/mol. The van der Waals surface area contributed by atoms with Crippen molar-refractivity contribution in [3.63, 3.8) is 0 Å². The summed E-state index contributed by atoms with van der Waals surface area (Å²) in [5.41, 5.74) is 5.09. The Balaban J connectivity index is -0.000000271. The Labute approximate surface area is 131 Å². The van der Waals surface area contributed by atoms with Crippen LogP contribution in [0, 0.1) is 11.8 Å². The van der Waals surface area contributed by atoms with E-state index in [9.17, 15) is 4.79 Å². The van der Waals surface area contributed by atoms with E-state index < -0.39 is 0 Å². The normalized spacial score (nSPS) is 13.4. The number of primary amides is 1. The molecular formula is C17H36N2O2. The zero-order valence-electron chi connectivity index (χ0n) is 14.7. The molecular weight excluding hydrogens is 264 g/mol. The van der Waals surface area contributed by atoms with E-state index >= 15 is 0 Å².